The molecule has 0 saturated carbocycles. The van der Waals surface area contributed by atoms with Crippen LogP contribution in [0.15, 0.2) is 24.3 Å². The van der Waals surface area contributed by atoms with Crippen LogP contribution >= 0.6 is 0 Å². The molecule has 3 unspecified atom stereocenters. The molecule has 20 heavy (non-hydrogen) atoms. The number of carbonyl (C=O) groups excluding carboxylic acids is 1. The molecule has 0 spiro atoms. The number of hydrogen-bond donors (Lipinski definition) is 2. The van der Waals surface area contributed by atoms with E-state index in [1.165, 1.54) is 0 Å². The third-order valence-corrected chi connectivity index (χ3v) is 3.12. The van der Waals surface area contributed by atoms with Crippen molar-refractivity contribution < 1.29 is 24.2 Å². The molecule has 1 aliphatic rings. The summed E-state index contributed by atoms with van der Waals surface area (Å²) in [6.45, 7) is 3.40. The summed E-state index contributed by atoms with van der Waals surface area (Å²) < 4.78 is 11.2. The third kappa shape index (κ3) is 2.84. The van der Waals surface area contributed by atoms with Crippen molar-refractivity contribution in [3.05, 3.63) is 24.3 Å². The summed E-state index contributed by atoms with van der Waals surface area (Å²) >= 11 is 0. The molecule has 0 aromatic heterocycles. The second kappa shape index (κ2) is 5.81. The smallest absolute Gasteiger partial charge is 0.326 e. The molecule has 0 aliphatic carbocycles. The van der Waals surface area contributed by atoms with Crippen LogP contribution in [0.2, 0.25) is 0 Å². The van der Waals surface area contributed by atoms with Crippen molar-refractivity contribution in [1.29, 1.82) is 0 Å². The number of carbonyl (C=O) groups is 2. The van der Waals surface area contributed by atoms with Crippen LogP contribution in [0.5, 0.6) is 11.5 Å². The van der Waals surface area contributed by atoms with Gasteiger partial charge in [0, 0.05) is 0 Å². The van der Waals surface area contributed by atoms with Crippen molar-refractivity contribution >= 4 is 11.9 Å². The molecule has 108 valence electrons. The number of fused-ring (bicyclic) bond motifs is 1. The van der Waals surface area contributed by atoms with Gasteiger partial charge in [0.2, 0.25) is 6.10 Å². The molecule has 3 atom stereocenters. The molecule has 0 fully saturated rings. The molecule has 6 nitrogen and oxygen atoms in total. The molecule has 1 aromatic carbocycles. The quantitative estimate of drug-likeness (QED) is 0.865. The molecule has 1 amide bonds. The maximum absolute atomic E-state index is 12.1. The van der Waals surface area contributed by atoms with Gasteiger partial charge in [-0.15, -0.1) is 0 Å². The number of nitrogens with one attached hydrogen (secondary N) is 1. The number of aliphatic carboxylic acids is 1. The lowest BCUT2D eigenvalue weighted by Gasteiger charge is -2.31. The van der Waals surface area contributed by atoms with Gasteiger partial charge in [0.15, 0.2) is 11.5 Å². The molecule has 0 bridgehead atoms. The highest BCUT2D eigenvalue weighted by atomic mass is 16.6. The van der Waals surface area contributed by atoms with E-state index in [0.29, 0.717) is 17.9 Å². The number of ether oxygens (including phenoxy) is 2. The zero-order chi connectivity index (χ0) is 14.7. The molecule has 1 aromatic rings. The van der Waals surface area contributed by atoms with Crippen molar-refractivity contribution in [2.45, 2.75) is 38.5 Å². The fourth-order valence-corrected chi connectivity index (χ4v) is 2.00. The lowest BCUT2D eigenvalue weighted by atomic mass is 10.1. The Morgan fingerprint density at radius 1 is 1.30 bits per heavy atom. The van der Waals surface area contributed by atoms with Gasteiger partial charge in [-0.2, -0.15) is 0 Å². The molecule has 0 saturated heterocycles. The Bertz CT molecular complexity index is 516. The number of hydrogen-bond acceptors (Lipinski definition) is 4. The second-order valence-electron chi connectivity index (χ2n) is 4.62. The summed E-state index contributed by atoms with van der Waals surface area (Å²) in [6.07, 6.45) is -1.05. The van der Waals surface area contributed by atoms with Crippen LogP contribution in [0.25, 0.3) is 0 Å². The van der Waals surface area contributed by atoms with Gasteiger partial charge in [0.1, 0.15) is 12.1 Å². The standard InChI is InChI=1S/C14H17NO5/c1-3-9(14(17)18)15-13(16)12-8(2)19-10-6-4-5-7-11(10)20-12/h4-9,12H,3H2,1-2H3,(H,15,16)(H,17,18). The number of carboxylic acids is 1. The molecule has 1 heterocycles. The van der Waals surface area contributed by atoms with Gasteiger partial charge in [-0.05, 0) is 25.5 Å². The first-order chi connectivity index (χ1) is 9.52. The molecule has 0 radical (unpaired) electrons. The number of amides is 1. The van der Waals surface area contributed by atoms with Gasteiger partial charge in [-0.1, -0.05) is 19.1 Å². The van der Waals surface area contributed by atoms with Crippen LogP contribution < -0.4 is 14.8 Å². The summed E-state index contributed by atoms with van der Waals surface area (Å²) in [5, 5.41) is 11.4. The fourth-order valence-electron chi connectivity index (χ4n) is 2.00. The van der Waals surface area contributed by atoms with Crippen LogP contribution in [0.3, 0.4) is 0 Å². The number of carboxylic acid groups (broad SMARTS) is 1. The minimum absolute atomic E-state index is 0.305. The molecular weight excluding hydrogens is 262 g/mol. The minimum atomic E-state index is -1.06. The fraction of sp³-hybridized carbons (Fsp3) is 0.429. The molecular formula is C14H17NO5. The predicted molar refractivity (Wildman–Crippen MR) is 70.8 cm³/mol. The highest BCUT2D eigenvalue weighted by Crippen LogP contribution is 2.33. The monoisotopic (exact) mass is 279 g/mol. The van der Waals surface area contributed by atoms with E-state index in [4.69, 9.17) is 14.6 Å². The Hall–Kier alpha value is -2.24. The van der Waals surface area contributed by atoms with E-state index in [2.05, 4.69) is 5.32 Å². The van der Waals surface area contributed by atoms with E-state index in [1.807, 2.05) is 6.07 Å². The zero-order valence-corrected chi connectivity index (χ0v) is 11.3. The number of benzene rings is 1. The van der Waals surface area contributed by atoms with E-state index in [1.54, 1.807) is 32.0 Å². The maximum Gasteiger partial charge on any atom is 0.326 e. The first kappa shape index (κ1) is 14.2. The van der Waals surface area contributed by atoms with Crippen molar-refractivity contribution in [1.82, 2.24) is 5.32 Å². The average Bonchev–Trinajstić information content (AvgIpc) is 2.43. The van der Waals surface area contributed by atoms with Gasteiger partial charge >= 0.3 is 5.97 Å². The Balaban J connectivity index is 2.10. The Labute approximate surface area is 116 Å². The lowest BCUT2D eigenvalue weighted by molar-refractivity contribution is -0.144. The summed E-state index contributed by atoms with van der Waals surface area (Å²) in [6, 6.07) is 6.13. The Kier molecular flexibility index (Phi) is 4.12. The van der Waals surface area contributed by atoms with Crippen molar-refractivity contribution in [3.8, 4) is 11.5 Å². The third-order valence-electron chi connectivity index (χ3n) is 3.12. The van der Waals surface area contributed by atoms with Crippen LogP contribution in [-0.4, -0.2) is 35.2 Å². The predicted octanol–water partition coefficient (Wildman–Crippen LogP) is 1.19. The van der Waals surface area contributed by atoms with Gasteiger partial charge in [-0.25, -0.2) is 4.79 Å². The van der Waals surface area contributed by atoms with Crippen LogP contribution in [-0.2, 0) is 9.59 Å². The molecule has 1 aliphatic heterocycles. The van der Waals surface area contributed by atoms with Crippen molar-refractivity contribution in [2.24, 2.45) is 0 Å². The van der Waals surface area contributed by atoms with E-state index in [9.17, 15) is 9.59 Å². The zero-order valence-electron chi connectivity index (χ0n) is 11.3. The average molecular weight is 279 g/mol. The lowest BCUT2D eigenvalue weighted by Crippen LogP contribution is -2.53. The van der Waals surface area contributed by atoms with Gasteiger partial charge in [0.05, 0.1) is 0 Å². The van der Waals surface area contributed by atoms with Crippen molar-refractivity contribution in [3.63, 3.8) is 0 Å². The van der Waals surface area contributed by atoms with Gasteiger partial charge in [-0.3, -0.25) is 4.79 Å². The maximum atomic E-state index is 12.1. The van der Waals surface area contributed by atoms with E-state index >= 15 is 0 Å². The van der Waals surface area contributed by atoms with E-state index in [0.717, 1.165) is 0 Å². The van der Waals surface area contributed by atoms with Crippen LogP contribution in [0.1, 0.15) is 20.3 Å². The summed E-state index contributed by atoms with van der Waals surface area (Å²) in [4.78, 5) is 23.1. The number of rotatable bonds is 4. The topological polar surface area (TPSA) is 84.9 Å². The van der Waals surface area contributed by atoms with E-state index in [-0.39, 0.29) is 0 Å². The summed E-state index contributed by atoms with van der Waals surface area (Å²) in [7, 11) is 0. The second-order valence-corrected chi connectivity index (χ2v) is 4.62. The van der Waals surface area contributed by atoms with E-state index < -0.39 is 30.1 Å². The molecule has 2 rings (SSSR count). The highest BCUT2D eigenvalue weighted by Gasteiger charge is 2.35. The Morgan fingerprint density at radius 3 is 2.45 bits per heavy atom. The molecule has 2 N–H and O–H groups in total. The summed E-state index contributed by atoms with van der Waals surface area (Å²) in [5.74, 6) is -0.490. The van der Waals surface area contributed by atoms with Gasteiger partial charge in [0.25, 0.3) is 5.91 Å². The normalized spacial score (nSPS) is 21.9. The van der Waals surface area contributed by atoms with Crippen LogP contribution in [0.4, 0.5) is 0 Å². The largest absolute Gasteiger partial charge is 0.482 e. The van der Waals surface area contributed by atoms with Crippen LogP contribution in [0, 0.1) is 0 Å². The van der Waals surface area contributed by atoms with Crippen molar-refractivity contribution in [2.75, 3.05) is 0 Å². The minimum Gasteiger partial charge on any atom is -0.482 e. The number of para-hydroxylation sites is 2. The first-order valence-corrected chi connectivity index (χ1v) is 6.48. The highest BCUT2D eigenvalue weighted by molar-refractivity contribution is 5.87. The molecule has 6 heteroatoms. The van der Waals surface area contributed by atoms with Gasteiger partial charge < -0.3 is 19.9 Å². The Morgan fingerprint density at radius 2 is 1.90 bits per heavy atom. The summed E-state index contributed by atoms with van der Waals surface area (Å²) in [5.41, 5.74) is 0. The first-order valence-electron chi connectivity index (χ1n) is 6.48. The SMILES string of the molecule is CCC(NC(=O)C1Oc2ccccc2OC1C)C(=O)O.